The summed E-state index contributed by atoms with van der Waals surface area (Å²) in [6.45, 7) is 2.38. The van der Waals surface area contributed by atoms with E-state index in [0.29, 0.717) is 10.5 Å². The normalized spacial score (nSPS) is 19.7. The molecule has 10 rings (SSSR count). The molecule has 2 fully saturated rings. The maximum atomic E-state index is 5.25. The Labute approximate surface area is 308 Å². The monoisotopic (exact) mass is 690 g/mol. The zero-order valence-corrected chi connectivity index (χ0v) is 29.9. The van der Waals surface area contributed by atoms with E-state index in [1.165, 1.54) is 45.8 Å². The first-order chi connectivity index (χ1) is 25.6. The average Bonchev–Trinajstić information content (AvgIpc) is 3.74. The quantitative estimate of drug-likeness (QED) is 0.174. The standard InChI is InChI=1S/C47H38N4S/c1-47(29-38-24-25-39(30-47)52-38)46-49-44(33-13-6-3-7-14-33)48-45(50-46)36-16-10-15-34(27-36)32-19-22-37(23-20-32)51-42-18-9-8-17-40(42)41-28-35(21-26-43(41)51)31-11-4-2-5-12-31/h2-23,26-28,38-39H,24-25,29-30H2,1H3/t38-,39?,47?/m1/s1. The topological polar surface area (TPSA) is 43.6 Å². The number of nitrogens with zero attached hydrogens (tertiary/aromatic N) is 4. The van der Waals surface area contributed by atoms with Gasteiger partial charge in [0.05, 0.1) is 11.0 Å². The van der Waals surface area contributed by atoms with Gasteiger partial charge in [-0.2, -0.15) is 11.8 Å². The van der Waals surface area contributed by atoms with E-state index in [9.17, 15) is 0 Å². The van der Waals surface area contributed by atoms with Crippen molar-refractivity contribution in [1.82, 2.24) is 19.5 Å². The summed E-state index contributed by atoms with van der Waals surface area (Å²) < 4.78 is 2.38. The number of thioether (sulfide) groups is 1. The largest absolute Gasteiger partial charge is 0.309 e. The second-order valence-corrected chi connectivity index (χ2v) is 16.3. The van der Waals surface area contributed by atoms with Gasteiger partial charge in [-0.25, -0.2) is 15.0 Å². The summed E-state index contributed by atoms with van der Waals surface area (Å²) in [5.74, 6) is 2.43. The Bertz CT molecular complexity index is 2560. The minimum Gasteiger partial charge on any atom is -0.309 e. The molecular weight excluding hydrogens is 653 g/mol. The number of rotatable bonds is 6. The maximum absolute atomic E-state index is 5.25. The number of hydrogen-bond acceptors (Lipinski definition) is 4. The fourth-order valence-electron chi connectivity index (χ4n) is 8.54. The Balaban J connectivity index is 1.02. The molecule has 0 spiro atoms. The van der Waals surface area contributed by atoms with Gasteiger partial charge in [-0.3, -0.25) is 0 Å². The SMILES string of the molecule is CC1(c2nc(-c3ccccc3)nc(-c3cccc(-c4ccc(-n5c6ccccc6c6cc(-c7ccccc7)ccc65)cc4)c3)n2)CC2CC[C@H](C1)S2. The third kappa shape index (κ3) is 5.52. The molecule has 2 saturated heterocycles. The minimum atomic E-state index is -0.0539. The lowest BCUT2D eigenvalue weighted by molar-refractivity contribution is 0.380. The molecule has 252 valence electrons. The highest BCUT2D eigenvalue weighted by Gasteiger charge is 2.44. The summed E-state index contributed by atoms with van der Waals surface area (Å²) in [7, 11) is 0. The van der Waals surface area contributed by atoms with Crippen LogP contribution >= 0.6 is 11.8 Å². The van der Waals surface area contributed by atoms with Crippen molar-refractivity contribution in [2.75, 3.05) is 0 Å². The summed E-state index contributed by atoms with van der Waals surface area (Å²) in [4.78, 5) is 15.5. The number of para-hydroxylation sites is 1. The van der Waals surface area contributed by atoms with E-state index in [0.717, 1.165) is 58.3 Å². The van der Waals surface area contributed by atoms with Gasteiger partial charge in [0.2, 0.25) is 0 Å². The number of aromatic nitrogens is 4. The molecule has 0 aliphatic carbocycles. The van der Waals surface area contributed by atoms with Crippen LogP contribution in [0.1, 0.15) is 38.4 Å². The van der Waals surface area contributed by atoms with E-state index < -0.39 is 0 Å². The van der Waals surface area contributed by atoms with E-state index in [1.54, 1.807) is 0 Å². The van der Waals surface area contributed by atoms with Crippen molar-refractivity contribution in [3.8, 4) is 50.7 Å². The molecule has 2 aliphatic rings. The molecule has 4 nitrogen and oxygen atoms in total. The van der Waals surface area contributed by atoms with E-state index in [4.69, 9.17) is 15.0 Å². The third-order valence-electron chi connectivity index (χ3n) is 11.1. The molecule has 6 aromatic carbocycles. The molecule has 0 radical (unpaired) electrons. The lowest BCUT2D eigenvalue weighted by atomic mass is 9.81. The van der Waals surface area contributed by atoms with E-state index >= 15 is 0 Å². The van der Waals surface area contributed by atoms with Gasteiger partial charge in [0.25, 0.3) is 0 Å². The van der Waals surface area contributed by atoms with E-state index in [2.05, 4.69) is 169 Å². The second-order valence-electron chi connectivity index (χ2n) is 14.7. The maximum Gasteiger partial charge on any atom is 0.163 e. The highest BCUT2D eigenvalue weighted by atomic mass is 32.2. The van der Waals surface area contributed by atoms with Crippen LogP contribution in [-0.4, -0.2) is 30.0 Å². The summed E-state index contributed by atoms with van der Waals surface area (Å²) in [5.41, 5.74) is 10.3. The molecule has 8 aromatic rings. The van der Waals surface area contributed by atoms with Gasteiger partial charge >= 0.3 is 0 Å². The number of benzene rings is 6. The summed E-state index contributed by atoms with van der Waals surface area (Å²) >= 11 is 2.18. The van der Waals surface area contributed by atoms with Crippen LogP contribution in [-0.2, 0) is 5.41 Å². The smallest absolute Gasteiger partial charge is 0.163 e. The first-order valence-electron chi connectivity index (χ1n) is 18.4. The van der Waals surface area contributed by atoms with E-state index in [1.807, 2.05) is 6.07 Å². The molecule has 0 N–H and O–H groups in total. The fourth-order valence-corrected chi connectivity index (χ4v) is 10.6. The molecule has 2 aliphatic heterocycles. The molecule has 5 heteroatoms. The van der Waals surface area contributed by atoms with Crippen LogP contribution in [0.5, 0.6) is 0 Å². The van der Waals surface area contributed by atoms with E-state index in [-0.39, 0.29) is 5.41 Å². The molecular formula is C47H38N4S. The lowest BCUT2D eigenvalue weighted by Crippen LogP contribution is -2.34. The highest BCUT2D eigenvalue weighted by molar-refractivity contribution is 8.00. The fraction of sp³-hybridized carbons (Fsp3) is 0.170. The molecule has 0 saturated carbocycles. The molecule has 52 heavy (non-hydrogen) atoms. The van der Waals surface area contributed by atoms with Gasteiger partial charge in [0, 0.05) is 43.5 Å². The highest BCUT2D eigenvalue weighted by Crippen LogP contribution is 2.52. The van der Waals surface area contributed by atoms with Gasteiger partial charge in [0.1, 0.15) is 5.82 Å². The summed E-state index contributed by atoms with van der Waals surface area (Å²) in [6.07, 6.45) is 4.86. The summed E-state index contributed by atoms with van der Waals surface area (Å²) in [5, 5.41) is 3.91. The Hall–Kier alpha value is -5.52. The van der Waals surface area contributed by atoms with Crippen LogP contribution < -0.4 is 0 Å². The third-order valence-corrected chi connectivity index (χ3v) is 12.7. The minimum absolute atomic E-state index is 0.0539. The molecule has 3 atom stereocenters. The average molecular weight is 691 g/mol. The van der Waals surface area contributed by atoms with Gasteiger partial charge < -0.3 is 4.57 Å². The molecule has 2 bridgehead atoms. The zero-order chi connectivity index (χ0) is 34.6. The molecule has 2 aromatic heterocycles. The van der Waals surface area contributed by atoms with Crippen molar-refractivity contribution in [1.29, 1.82) is 0 Å². The van der Waals surface area contributed by atoms with Gasteiger partial charge in [-0.15, -0.1) is 0 Å². The van der Waals surface area contributed by atoms with Crippen LogP contribution in [0, 0.1) is 0 Å². The molecule has 2 unspecified atom stereocenters. The Morgan fingerprint density at radius 2 is 1.06 bits per heavy atom. The Kier molecular flexibility index (Phi) is 7.57. The predicted octanol–water partition coefficient (Wildman–Crippen LogP) is 12.0. The summed E-state index contributed by atoms with van der Waals surface area (Å²) in [6, 6.07) is 54.2. The van der Waals surface area contributed by atoms with Crippen molar-refractivity contribution < 1.29 is 0 Å². The second kappa shape index (κ2) is 12.6. The van der Waals surface area contributed by atoms with Gasteiger partial charge in [-0.05, 0) is 84.3 Å². The van der Waals surface area contributed by atoms with Crippen LogP contribution in [0.2, 0.25) is 0 Å². The number of fused-ring (bicyclic) bond motifs is 5. The lowest BCUT2D eigenvalue weighted by Gasteiger charge is -2.36. The Morgan fingerprint density at radius 1 is 0.500 bits per heavy atom. The van der Waals surface area contributed by atoms with Crippen LogP contribution in [0.4, 0.5) is 0 Å². The van der Waals surface area contributed by atoms with Gasteiger partial charge in [-0.1, -0.05) is 122 Å². The zero-order valence-electron chi connectivity index (χ0n) is 29.1. The number of hydrogen-bond donors (Lipinski definition) is 0. The van der Waals surface area contributed by atoms with Gasteiger partial charge in [0.15, 0.2) is 11.6 Å². The predicted molar refractivity (Wildman–Crippen MR) is 217 cm³/mol. The molecule has 0 amide bonds. The van der Waals surface area contributed by atoms with Crippen molar-refractivity contribution in [3.05, 3.63) is 157 Å². The van der Waals surface area contributed by atoms with Crippen molar-refractivity contribution >= 4 is 33.6 Å². The van der Waals surface area contributed by atoms with Crippen LogP contribution in [0.3, 0.4) is 0 Å². The van der Waals surface area contributed by atoms with Crippen molar-refractivity contribution in [2.45, 2.75) is 48.5 Å². The van der Waals surface area contributed by atoms with Crippen molar-refractivity contribution in [2.24, 2.45) is 0 Å². The Morgan fingerprint density at radius 3 is 1.81 bits per heavy atom. The van der Waals surface area contributed by atoms with Crippen molar-refractivity contribution in [3.63, 3.8) is 0 Å². The first-order valence-corrected chi connectivity index (χ1v) is 19.3. The molecule has 4 heterocycles. The van der Waals surface area contributed by atoms with Crippen LogP contribution in [0.15, 0.2) is 152 Å². The van der Waals surface area contributed by atoms with Crippen LogP contribution in [0.25, 0.3) is 72.5 Å². The first kappa shape index (κ1) is 31.2.